The van der Waals surface area contributed by atoms with E-state index in [0.29, 0.717) is 49.4 Å². The van der Waals surface area contributed by atoms with Gasteiger partial charge < -0.3 is 24.8 Å². The first-order valence-corrected chi connectivity index (χ1v) is 12.6. The molecule has 0 bridgehead atoms. The van der Waals surface area contributed by atoms with Gasteiger partial charge in [0.25, 0.3) is 5.91 Å². The first-order chi connectivity index (χ1) is 16.6. The van der Waals surface area contributed by atoms with Crippen molar-refractivity contribution in [3.63, 3.8) is 0 Å². The summed E-state index contributed by atoms with van der Waals surface area (Å²) >= 11 is 0. The summed E-state index contributed by atoms with van der Waals surface area (Å²) in [6.45, 7) is 10.1. The topological polar surface area (TPSA) is 107 Å². The maximum absolute atomic E-state index is 12.5. The van der Waals surface area contributed by atoms with Crippen molar-refractivity contribution in [2.24, 2.45) is 0 Å². The van der Waals surface area contributed by atoms with E-state index in [0.717, 1.165) is 51.4 Å². The molecule has 0 saturated carbocycles. The zero-order valence-electron chi connectivity index (χ0n) is 21.3. The fourth-order valence-electron chi connectivity index (χ4n) is 2.71. The molecule has 0 spiro atoms. The molecule has 9 heteroatoms. The molecule has 0 saturated heterocycles. The Bertz CT molecular complexity index is 714. The fourth-order valence-corrected chi connectivity index (χ4v) is 2.71. The van der Waals surface area contributed by atoms with Crippen LogP contribution in [-0.4, -0.2) is 44.9 Å². The first kappa shape index (κ1) is 29.4. The Morgan fingerprint density at radius 1 is 0.735 bits per heavy atom. The average Bonchev–Trinajstić information content (AvgIpc) is 2.83. The summed E-state index contributed by atoms with van der Waals surface area (Å²) in [6.07, 6.45) is 7.45. The molecule has 0 aliphatic heterocycles. The number of rotatable bonds is 19. The van der Waals surface area contributed by atoms with E-state index in [1.54, 1.807) is 12.1 Å². The number of hydrogen-bond donors (Lipinski definition) is 3. The van der Waals surface area contributed by atoms with Gasteiger partial charge in [0.1, 0.15) is 6.54 Å². The van der Waals surface area contributed by atoms with Crippen molar-refractivity contribution in [2.45, 2.75) is 79.1 Å². The van der Waals surface area contributed by atoms with Crippen LogP contribution in [0.15, 0.2) is 12.1 Å². The average molecular weight is 482 g/mol. The number of unbranched alkanes of at least 4 members (excludes halogenated alkanes) is 4. The molecule has 0 heterocycles. The van der Waals surface area contributed by atoms with Gasteiger partial charge in [-0.15, -0.1) is 0 Å². The standard InChI is InChI=1S/C25H43N3O6/c1-5-9-15-31-21-14-13-20(23(32-16-10-6-2)24(21)33-17-11-7-3)27-25(30)26-19-22(29)28-34-18-12-8-4/h13-14H,5-12,15-19H2,1-4H3,(H,28,29)(H2,26,27,30). The Balaban J connectivity index is 2.93. The molecule has 3 amide bonds. The van der Waals surface area contributed by atoms with E-state index in [-0.39, 0.29) is 6.54 Å². The molecular formula is C25H43N3O6. The molecule has 1 aromatic carbocycles. The van der Waals surface area contributed by atoms with Crippen LogP contribution in [0.25, 0.3) is 0 Å². The molecule has 0 radical (unpaired) electrons. The summed E-state index contributed by atoms with van der Waals surface area (Å²) in [7, 11) is 0. The van der Waals surface area contributed by atoms with Crippen molar-refractivity contribution in [1.82, 2.24) is 10.8 Å². The van der Waals surface area contributed by atoms with Crippen molar-refractivity contribution in [3.8, 4) is 17.2 Å². The van der Waals surface area contributed by atoms with Gasteiger partial charge in [-0.05, 0) is 37.8 Å². The van der Waals surface area contributed by atoms with Gasteiger partial charge in [0.15, 0.2) is 11.5 Å². The number of urea groups is 1. The zero-order valence-corrected chi connectivity index (χ0v) is 21.3. The van der Waals surface area contributed by atoms with Crippen LogP contribution < -0.4 is 30.3 Å². The van der Waals surface area contributed by atoms with Crippen LogP contribution in [0, 0.1) is 0 Å². The lowest BCUT2D eigenvalue weighted by molar-refractivity contribution is -0.132. The van der Waals surface area contributed by atoms with Crippen LogP contribution >= 0.6 is 0 Å². The van der Waals surface area contributed by atoms with E-state index < -0.39 is 11.9 Å². The molecule has 9 nitrogen and oxygen atoms in total. The highest BCUT2D eigenvalue weighted by Crippen LogP contribution is 2.43. The minimum Gasteiger partial charge on any atom is -0.490 e. The van der Waals surface area contributed by atoms with Gasteiger partial charge in [-0.1, -0.05) is 53.4 Å². The van der Waals surface area contributed by atoms with Crippen LogP contribution in [0.4, 0.5) is 10.5 Å². The van der Waals surface area contributed by atoms with Crippen LogP contribution in [0.5, 0.6) is 17.2 Å². The Morgan fingerprint density at radius 3 is 1.91 bits per heavy atom. The van der Waals surface area contributed by atoms with Crippen LogP contribution in [0.1, 0.15) is 79.1 Å². The van der Waals surface area contributed by atoms with Crippen LogP contribution in [0.3, 0.4) is 0 Å². The molecule has 1 aromatic rings. The predicted molar refractivity (Wildman–Crippen MR) is 134 cm³/mol. The van der Waals surface area contributed by atoms with E-state index in [2.05, 4.69) is 36.9 Å². The third-order valence-corrected chi connectivity index (χ3v) is 4.76. The first-order valence-electron chi connectivity index (χ1n) is 12.6. The largest absolute Gasteiger partial charge is 0.490 e. The molecule has 3 N–H and O–H groups in total. The second-order valence-electron chi connectivity index (χ2n) is 7.91. The van der Waals surface area contributed by atoms with Crippen LogP contribution in [-0.2, 0) is 9.63 Å². The Hall–Kier alpha value is -2.68. The summed E-state index contributed by atoms with van der Waals surface area (Å²) in [6, 6.07) is 2.96. The van der Waals surface area contributed by atoms with Gasteiger partial charge in [0.2, 0.25) is 5.75 Å². The van der Waals surface area contributed by atoms with Crippen molar-refractivity contribution in [2.75, 3.05) is 38.3 Å². The van der Waals surface area contributed by atoms with Gasteiger partial charge in [0.05, 0.1) is 32.1 Å². The number of hydroxylamine groups is 1. The minimum absolute atomic E-state index is 0.220. The van der Waals surface area contributed by atoms with E-state index in [9.17, 15) is 9.59 Å². The molecule has 34 heavy (non-hydrogen) atoms. The highest BCUT2D eigenvalue weighted by atomic mass is 16.6. The summed E-state index contributed by atoms with van der Waals surface area (Å²) < 4.78 is 18.0. The maximum atomic E-state index is 12.5. The summed E-state index contributed by atoms with van der Waals surface area (Å²) in [5.74, 6) is 1.07. The van der Waals surface area contributed by atoms with Gasteiger partial charge in [-0.2, -0.15) is 0 Å². The van der Waals surface area contributed by atoms with E-state index in [1.807, 2.05) is 6.92 Å². The van der Waals surface area contributed by atoms with Crippen molar-refractivity contribution in [3.05, 3.63) is 12.1 Å². The number of carbonyl (C=O) groups excluding carboxylic acids is 2. The number of nitrogens with one attached hydrogen (secondary N) is 3. The molecule has 1 rings (SSSR count). The molecule has 0 aliphatic carbocycles. The van der Waals surface area contributed by atoms with E-state index in [4.69, 9.17) is 19.0 Å². The number of ether oxygens (including phenoxy) is 3. The van der Waals surface area contributed by atoms with Crippen molar-refractivity contribution < 1.29 is 28.6 Å². The number of carbonyl (C=O) groups is 2. The quantitative estimate of drug-likeness (QED) is 0.185. The number of hydrogen-bond acceptors (Lipinski definition) is 6. The smallest absolute Gasteiger partial charge is 0.319 e. The Morgan fingerprint density at radius 2 is 1.29 bits per heavy atom. The molecule has 0 atom stereocenters. The van der Waals surface area contributed by atoms with Gasteiger partial charge >= 0.3 is 6.03 Å². The fraction of sp³-hybridized carbons (Fsp3) is 0.680. The van der Waals surface area contributed by atoms with Gasteiger partial charge in [-0.3, -0.25) is 9.63 Å². The molecule has 194 valence electrons. The lowest BCUT2D eigenvalue weighted by Gasteiger charge is -2.20. The second kappa shape index (κ2) is 18.7. The molecule has 0 aliphatic rings. The third-order valence-electron chi connectivity index (χ3n) is 4.76. The van der Waals surface area contributed by atoms with Gasteiger partial charge in [0, 0.05) is 0 Å². The summed E-state index contributed by atoms with van der Waals surface area (Å²) in [4.78, 5) is 29.4. The summed E-state index contributed by atoms with van der Waals surface area (Å²) in [5, 5.41) is 5.29. The maximum Gasteiger partial charge on any atom is 0.319 e. The van der Waals surface area contributed by atoms with Crippen LogP contribution in [0.2, 0.25) is 0 Å². The minimum atomic E-state index is -0.539. The molecule has 0 fully saturated rings. The Labute approximate surface area is 204 Å². The molecule has 0 aromatic heterocycles. The lowest BCUT2D eigenvalue weighted by atomic mass is 10.2. The van der Waals surface area contributed by atoms with Crippen molar-refractivity contribution >= 4 is 17.6 Å². The van der Waals surface area contributed by atoms with Crippen molar-refractivity contribution in [1.29, 1.82) is 0 Å². The molecule has 0 unspecified atom stereocenters. The highest BCUT2D eigenvalue weighted by molar-refractivity contribution is 5.94. The van der Waals surface area contributed by atoms with E-state index >= 15 is 0 Å². The number of benzene rings is 1. The number of amides is 3. The second-order valence-corrected chi connectivity index (χ2v) is 7.91. The summed E-state index contributed by atoms with van der Waals surface area (Å²) in [5.41, 5.74) is 2.76. The van der Waals surface area contributed by atoms with Gasteiger partial charge in [-0.25, -0.2) is 10.3 Å². The molecular weight excluding hydrogens is 438 g/mol. The number of anilines is 1. The highest BCUT2D eigenvalue weighted by Gasteiger charge is 2.20. The Kier molecular flexibility index (Phi) is 16.2. The predicted octanol–water partition coefficient (Wildman–Crippen LogP) is 5.19. The zero-order chi connectivity index (χ0) is 25.0. The third kappa shape index (κ3) is 12.0. The normalized spacial score (nSPS) is 10.5. The lowest BCUT2D eigenvalue weighted by Crippen LogP contribution is -2.39. The monoisotopic (exact) mass is 481 g/mol. The SMILES string of the molecule is CCCCONC(=O)CNC(=O)Nc1ccc(OCCCC)c(OCCCC)c1OCCCC. The van der Waals surface area contributed by atoms with E-state index in [1.165, 1.54) is 0 Å².